The summed E-state index contributed by atoms with van der Waals surface area (Å²) in [5, 5.41) is 11.4. The maximum Gasteiger partial charge on any atom is 0.312 e. The minimum absolute atomic E-state index is 0.0508. The molecule has 0 spiro atoms. The maximum absolute atomic E-state index is 12.7. The van der Waals surface area contributed by atoms with Gasteiger partial charge in [-0.1, -0.05) is 20.8 Å². The van der Waals surface area contributed by atoms with E-state index in [0.29, 0.717) is 13.1 Å². The maximum atomic E-state index is 12.7. The fourth-order valence-corrected chi connectivity index (χ4v) is 2.65. The molecule has 1 amide bonds. The van der Waals surface area contributed by atoms with Gasteiger partial charge in [0.1, 0.15) is 0 Å². The number of nitro benzene ring substituents is 1. The van der Waals surface area contributed by atoms with Crippen LogP contribution in [0.1, 0.15) is 49.5 Å². The van der Waals surface area contributed by atoms with Crippen LogP contribution in [0.4, 0.5) is 5.69 Å². The van der Waals surface area contributed by atoms with E-state index in [9.17, 15) is 14.9 Å². The van der Waals surface area contributed by atoms with E-state index in [1.165, 1.54) is 13.2 Å². The number of hydrogen-bond donors (Lipinski definition) is 0. The van der Waals surface area contributed by atoms with Crippen LogP contribution >= 0.6 is 0 Å². The minimum Gasteiger partial charge on any atom is -0.490 e. The number of hydrogen-bond acceptors (Lipinski definition) is 4. The number of rotatable bonds is 3. The molecule has 0 N–H and O–H groups in total. The van der Waals surface area contributed by atoms with Crippen molar-refractivity contribution in [2.45, 2.75) is 39.0 Å². The molecule has 6 nitrogen and oxygen atoms in total. The number of carbonyl (C=O) groups excluding carboxylic acids is 1. The molecule has 1 heterocycles. The monoisotopic (exact) mass is 306 g/mol. The Labute approximate surface area is 130 Å². The van der Waals surface area contributed by atoms with E-state index in [-0.39, 0.29) is 28.3 Å². The van der Waals surface area contributed by atoms with Crippen molar-refractivity contribution in [2.24, 2.45) is 0 Å². The van der Waals surface area contributed by atoms with Gasteiger partial charge >= 0.3 is 5.69 Å². The topological polar surface area (TPSA) is 72.7 Å². The highest BCUT2D eigenvalue weighted by Gasteiger charge is 2.30. The molecule has 0 unspecified atom stereocenters. The van der Waals surface area contributed by atoms with Crippen LogP contribution in [0, 0.1) is 10.1 Å². The van der Waals surface area contributed by atoms with Crippen molar-refractivity contribution in [1.29, 1.82) is 0 Å². The summed E-state index contributed by atoms with van der Waals surface area (Å²) in [4.78, 5) is 25.3. The second-order valence-electron chi connectivity index (χ2n) is 6.58. The van der Waals surface area contributed by atoms with Crippen LogP contribution < -0.4 is 4.74 Å². The molecule has 1 aromatic carbocycles. The zero-order chi connectivity index (χ0) is 16.5. The van der Waals surface area contributed by atoms with Gasteiger partial charge in [-0.15, -0.1) is 0 Å². The molecule has 0 radical (unpaired) electrons. The molecule has 0 bridgehead atoms. The summed E-state index contributed by atoms with van der Waals surface area (Å²) in [6, 6.07) is 3.23. The molecular formula is C16H22N2O4. The quantitative estimate of drug-likeness (QED) is 0.635. The first-order chi connectivity index (χ1) is 10.3. The van der Waals surface area contributed by atoms with E-state index in [1.807, 2.05) is 20.8 Å². The Morgan fingerprint density at radius 1 is 1.27 bits per heavy atom. The van der Waals surface area contributed by atoms with Crippen LogP contribution in [0.15, 0.2) is 12.1 Å². The molecule has 22 heavy (non-hydrogen) atoms. The van der Waals surface area contributed by atoms with Gasteiger partial charge in [0.15, 0.2) is 0 Å². The molecule has 6 heteroatoms. The van der Waals surface area contributed by atoms with Gasteiger partial charge in [0.2, 0.25) is 5.75 Å². The summed E-state index contributed by atoms with van der Waals surface area (Å²) < 4.78 is 5.20. The van der Waals surface area contributed by atoms with Crippen molar-refractivity contribution in [3.63, 3.8) is 0 Å². The zero-order valence-electron chi connectivity index (χ0n) is 13.5. The molecule has 0 aliphatic carbocycles. The van der Waals surface area contributed by atoms with Crippen LogP contribution in [-0.4, -0.2) is 35.9 Å². The van der Waals surface area contributed by atoms with E-state index in [4.69, 9.17) is 4.74 Å². The van der Waals surface area contributed by atoms with E-state index < -0.39 is 4.92 Å². The Morgan fingerprint density at radius 3 is 2.32 bits per heavy atom. The highest BCUT2D eigenvalue weighted by molar-refractivity contribution is 5.98. The van der Waals surface area contributed by atoms with Crippen molar-refractivity contribution in [3.8, 4) is 5.75 Å². The highest BCUT2D eigenvalue weighted by atomic mass is 16.6. The van der Waals surface area contributed by atoms with Crippen LogP contribution in [0.5, 0.6) is 5.75 Å². The number of nitrogens with zero attached hydrogens (tertiary/aromatic N) is 2. The first-order valence-corrected chi connectivity index (χ1v) is 7.42. The standard InChI is InChI=1S/C16H22N2O4/c1-16(2,3)11-9-12(15(19)17-7-5-6-8-17)14(22-4)13(10-11)18(20)21/h9-10H,5-8H2,1-4H3. The van der Waals surface area contributed by atoms with E-state index in [1.54, 1.807) is 11.0 Å². The van der Waals surface area contributed by atoms with Gasteiger partial charge in [0.25, 0.3) is 5.91 Å². The zero-order valence-corrected chi connectivity index (χ0v) is 13.5. The van der Waals surface area contributed by atoms with Gasteiger partial charge in [-0.3, -0.25) is 14.9 Å². The van der Waals surface area contributed by atoms with Gasteiger partial charge in [-0.25, -0.2) is 0 Å². The first-order valence-electron chi connectivity index (χ1n) is 7.42. The second-order valence-corrected chi connectivity index (χ2v) is 6.58. The smallest absolute Gasteiger partial charge is 0.312 e. The Hall–Kier alpha value is -2.11. The summed E-state index contributed by atoms with van der Waals surface area (Å²) in [6.07, 6.45) is 1.93. The molecule has 0 aromatic heterocycles. The van der Waals surface area contributed by atoms with Crippen molar-refractivity contribution < 1.29 is 14.5 Å². The second kappa shape index (κ2) is 5.94. The number of likely N-dealkylation sites (tertiary alicyclic amines) is 1. The molecule has 1 aliphatic rings. The largest absolute Gasteiger partial charge is 0.490 e. The fraction of sp³-hybridized carbons (Fsp3) is 0.562. The van der Waals surface area contributed by atoms with Gasteiger partial charge in [0.05, 0.1) is 17.6 Å². The molecule has 1 aliphatic heterocycles. The number of amides is 1. The third-order valence-electron chi connectivity index (χ3n) is 3.96. The molecule has 1 fully saturated rings. The third-order valence-corrected chi connectivity index (χ3v) is 3.96. The number of carbonyl (C=O) groups is 1. The van der Waals surface area contributed by atoms with Crippen LogP contribution in [-0.2, 0) is 5.41 Å². The Morgan fingerprint density at radius 2 is 1.86 bits per heavy atom. The van der Waals surface area contributed by atoms with E-state index >= 15 is 0 Å². The lowest BCUT2D eigenvalue weighted by Gasteiger charge is -2.22. The molecule has 0 atom stereocenters. The summed E-state index contributed by atoms with van der Waals surface area (Å²) in [6.45, 7) is 7.26. The SMILES string of the molecule is COc1c(C(=O)N2CCCC2)cc(C(C)(C)C)cc1[N+](=O)[O-]. The van der Waals surface area contributed by atoms with Crippen LogP contribution in [0.25, 0.3) is 0 Å². The number of ether oxygens (including phenoxy) is 1. The molecule has 2 rings (SSSR count). The van der Waals surface area contributed by atoms with Gasteiger partial charge < -0.3 is 9.64 Å². The average molecular weight is 306 g/mol. The predicted molar refractivity (Wildman–Crippen MR) is 83.5 cm³/mol. The van der Waals surface area contributed by atoms with Crippen LogP contribution in [0.3, 0.4) is 0 Å². The summed E-state index contributed by atoms with van der Waals surface area (Å²) in [5.74, 6) is -0.140. The third kappa shape index (κ3) is 3.05. The lowest BCUT2D eigenvalue weighted by molar-refractivity contribution is -0.385. The fourth-order valence-electron chi connectivity index (χ4n) is 2.65. The first kappa shape index (κ1) is 16.3. The lowest BCUT2D eigenvalue weighted by atomic mass is 9.85. The Kier molecular flexibility index (Phi) is 4.39. The van der Waals surface area contributed by atoms with Gasteiger partial charge in [-0.05, 0) is 29.9 Å². The highest BCUT2D eigenvalue weighted by Crippen LogP contribution is 2.37. The van der Waals surface area contributed by atoms with Crippen molar-refractivity contribution in [1.82, 2.24) is 4.90 Å². The number of benzene rings is 1. The molecule has 1 aromatic rings. The average Bonchev–Trinajstić information content (AvgIpc) is 2.97. The Bertz CT molecular complexity index is 599. The van der Waals surface area contributed by atoms with Crippen molar-refractivity contribution >= 4 is 11.6 Å². The number of nitro groups is 1. The summed E-state index contributed by atoms with van der Waals surface area (Å²) >= 11 is 0. The summed E-state index contributed by atoms with van der Waals surface area (Å²) in [7, 11) is 1.36. The predicted octanol–water partition coefficient (Wildman–Crippen LogP) is 3.14. The van der Waals surface area contributed by atoms with Gasteiger partial charge in [-0.2, -0.15) is 0 Å². The van der Waals surface area contributed by atoms with Gasteiger partial charge in [0, 0.05) is 19.2 Å². The molecule has 1 saturated heterocycles. The lowest BCUT2D eigenvalue weighted by Crippen LogP contribution is -2.28. The van der Waals surface area contributed by atoms with Crippen molar-refractivity contribution in [2.75, 3.05) is 20.2 Å². The molecular weight excluding hydrogens is 284 g/mol. The normalized spacial score (nSPS) is 15.0. The molecule has 0 saturated carbocycles. The minimum atomic E-state index is -0.491. The summed E-state index contributed by atoms with van der Waals surface area (Å²) in [5.41, 5.74) is 0.584. The van der Waals surface area contributed by atoms with E-state index in [2.05, 4.69) is 0 Å². The Balaban J connectivity index is 2.61. The van der Waals surface area contributed by atoms with Crippen molar-refractivity contribution in [3.05, 3.63) is 33.4 Å². The molecule has 120 valence electrons. The van der Waals surface area contributed by atoms with Crippen LogP contribution in [0.2, 0.25) is 0 Å². The van der Waals surface area contributed by atoms with E-state index in [0.717, 1.165) is 18.4 Å². The number of methoxy groups -OCH3 is 1.